The maximum absolute atomic E-state index is 6.42. The Morgan fingerprint density at radius 1 is 1.18 bits per heavy atom. The highest BCUT2D eigenvalue weighted by Crippen LogP contribution is 2.38. The van der Waals surface area contributed by atoms with Crippen LogP contribution in [-0.2, 0) is 25.1 Å². The van der Waals surface area contributed by atoms with Gasteiger partial charge >= 0.3 is 0 Å². The number of thiophene rings is 1. The van der Waals surface area contributed by atoms with Gasteiger partial charge in [-0.25, -0.2) is 9.97 Å². The monoisotopic (exact) mass is 478 g/mol. The Hall–Kier alpha value is -2.91. The number of nitrogens with two attached hydrogens (primary N) is 1. The number of methoxy groups -OCH3 is 1. The molecule has 33 heavy (non-hydrogen) atoms. The molecule has 0 fully saturated rings. The summed E-state index contributed by atoms with van der Waals surface area (Å²) in [5.41, 5.74) is 8.68. The van der Waals surface area contributed by atoms with Gasteiger partial charge in [-0.3, -0.25) is 4.57 Å². The highest BCUT2D eigenvalue weighted by Gasteiger charge is 2.21. The first-order chi connectivity index (χ1) is 16.2. The Kier molecular flexibility index (Phi) is 6.32. The highest BCUT2D eigenvalue weighted by atomic mass is 32.2. The summed E-state index contributed by atoms with van der Waals surface area (Å²) in [7, 11) is 1.66. The van der Waals surface area contributed by atoms with E-state index >= 15 is 0 Å². The SMILES string of the molecule is C=CCn1c(SCc2nc(N)c3c4c(sc3n2)CCCCC4)nnc1-c1ccccc1OC. The first-order valence-electron chi connectivity index (χ1n) is 11.1. The fourth-order valence-corrected chi connectivity index (χ4v) is 6.41. The Morgan fingerprint density at radius 2 is 2.03 bits per heavy atom. The molecule has 1 aromatic carbocycles. The zero-order valence-corrected chi connectivity index (χ0v) is 20.2. The lowest BCUT2D eigenvalue weighted by atomic mass is 10.1. The largest absolute Gasteiger partial charge is 0.496 e. The maximum Gasteiger partial charge on any atom is 0.192 e. The lowest BCUT2D eigenvalue weighted by Gasteiger charge is -2.10. The van der Waals surface area contributed by atoms with Crippen LogP contribution in [0.1, 0.15) is 35.5 Å². The molecule has 4 aromatic rings. The van der Waals surface area contributed by atoms with Crippen LogP contribution in [0, 0.1) is 0 Å². The van der Waals surface area contributed by atoms with E-state index in [1.165, 1.54) is 29.7 Å². The van der Waals surface area contributed by atoms with Crippen molar-refractivity contribution in [3.63, 3.8) is 0 Å². The summed E-state index contributed by atoms with van der Waals surface area (Å²) in [5.74, 6) is 3.37. The molecule has 3 aromatic heterocycles. The molecule has 0 radical (unpaired) electrons. The number of allylic oxidation sites excluding steroid dienone is 1. The molecule has 2 N–H and O–H groups in total. The van der Waals surface area contributed by atoms with Crippen LogP contribution >= 0.6 is 23.1 Å². The van der Waals surface area contributed by atoms with E-state index in [0.29, 0.717) is 23.9 Å². The predicted molar refractivity (Wildman–Crippen MR) is 135 cm³/mol. The first kappa shape index (κ1) is 21.9. The standard InChI is InChI=1S/C24H26N6OS2/c1-3-13-30-22(15-9-7-8-11-17(15)31-2)28-29-24(30)32-14-19-26-21(25)20-16-10-5-4-6-12-18(16)33-23(20)27-19/h3,7-9,11H,1,4-6,10,12-14H2,2H3,(H2,25,26,27). The fourth-order valence-electron chi connectivity index (χ4n) is 4.32. The van der Waals surface area contributed by atoms with E-state index in [4.69, 9.17) is 15.5 Å². The van der Waals surface area contributed by atoms with Crippen LogP contribution in [0.3, 0.4) is 0 Å². The van der Waals surface area contributed by atoms with E-state index in [1.807, 2.05) is 34.9 Å². The van der Waals surface area contributed by atoms with E-state index in [9.17, 15) is 0 Å². The first-order valence-corrected chi connectivity index (χ1v) is 12.9. The number of nitrogens with zero attached hydrogens (tertiary/aromatic N) is 5. The molecule has 0 saturated carbocycles. The van der Waals surface area contributed by atoms with Crippen molar-refractivity contribution in [2.75, 3.05) is 12.8 Å². The van der Waals surface area contributed by atoms with E-state index in [0.717, 1.165) is 45.4 Å². The summed E-state index contributed by atoms with van der Waals surface area (Å²) in [6.07, 6.45) is 7.77. The molecule has 1 aliphatic carbocycles. The molecule has 0 amide bonds. The van der Waals surface area contributed by atoms with Crippen molar-refractivity contribution in [2.45, 2.75) is 49.6 Å². The Bertz CT molecular complexity index is 1310. The van der Waals surface area contributed by atoms with Crippen LogP contribution in [0.25, 0.3) is 21.6 Å². The van der Waals surface area contributed by atoms with Crippen LogP contribution in [0.15, 0.2) is 42.1 Å². The second-order valence-corrected chi connectivity index (χ2v) is 9.99. The number of benzene rings is 1. The van der Waals surface area contributed by atoms with Crippen molar-refractivity contribution in [3.05, 3.63) is 53.2 Å². The average Bonchev–Trinajstić information content (AvgIpc) is 3.30. The molecule has 0 bridgehead atoms. The number of hydrogen-bond acceptors (Lipinski definition) is 8. The lowest BCUT2D eigenvalue weighted by molar-refractivity contribution is 0.416. The zero-order chi connectivity index (χ0) is 22.8. The summed E-state index contributed by atoms with van der Waals surface area (Å²) in [6.45, 7) is 4.49. The second kappa shape index (κ2) is 9.52. The van der Waals surface area contributed by atoms with E-state index < -0.39 is 0 Å². The summed E-state index contributed by atoms with van der Waals surface area (Å²) in [5, 5.41) is 10.7. The van der Waals surface area contributed by atoms with Gasteiger partial charge in [-0.15, -0.1) is 28.1 Å². The molecule has 0 spiro atoms. The number of para-hydroxylation sites is 1. The summed E-state index contributed by atoms with van der Waals surface area (Å²) in [4.78, 5) is 12.0. The van der Waals surface area contributed by atoms with Gasteiger partial charge in [0.1, 0.15) is 22.2 Å². The molecule has 170 valence electrons. The number of ether oxygens (including phenoxy) is 1. The molecule has 7 nitrogen and oxygen atoms in total. The molecule has 0 aliphatic heterocycles. The van der Waals surface area contributed by atoms with Crippen LogP contribution in [-0.4, -0.2) is 31.8 Å². The summed E-state index contributed by atoms with van der Waals surface area (Å²) < 4.78 is 7.55. The number of hydrogen-bond donors (Lipinski definition) is 1. The molecular weight excluding hydrogens is 452 g/mol. The van der Waals surface area contributed by atoms with Crippen molar-refractivity contribution in [3.8, 4) is 17.1 Å². The molecule has 9 heteroatoms. The third-order valence-electron chi connectivity index (χ3n) is 5.85. The molecular formula is C24H26N6OS2. The van der Waals surface area contributed by atoms with Crippen molar-refractivity contribution in [1.29, 1.82) is 0 Å². The third kappa shape index (κ3) is 4.22. The Morgan fingerprint density at radius 3 is 2.88 bits per heavy atom. The van der Waals surface area contributed by atoms with Gasteiger partial charge in [0.2, 0.25) is 0 Å². The highest BCUT2D eigenvalue weighted by molar-refractivity contribution is 7.98. The minimum Gasteiger partial charge on any atom is -0.496 e. The predicted octanol–water partition coefficient (Wildman–Crippen LogP) is 5.29. The maximum atomic E-state index is 6.42. The van der Waals surface area contributed by atoms with E-state index in [1.54, 1.807) is 30.2 Å². The quantitative estimate of drug-likeness (QED) is 0.219. The molecule has 1 aliphatic rings. The molecule has 0 atom stereocenters. The normalized spacial score (nSPS) is 13.6. The van der Waals surface area contributed by atoms with Gasteiger partial charge in [0, 0.05) is 11.4 Å². The summed E-state index contributed by atoms with van der Waals surface area (Å²) in [6, 6.07) is 7.80. The molecule has 0 unspecified atom stereocenters. The van der Waals surface area contributed by atoms with Gasteiger partial charge in [0.15, 0.2) is 11.0 Å². The third-order valence-corrected chi connectivity index (χ3v) is 7.99. The minimum atomic E-state index is 0.559. The number of nitrogen functional groups attached to an aromatic ring is 1. The Labute approximate surface area is 201 Å². The van der Waals surface area contributed by atoms with Crippen LogP contribution in [0.5, 0.6) is 5.75 Å². The van der Waals surface area contributed by atoms with Crippen molar-refractivity contribution in [1.82, 2.24) is 24.7 Å². The van der Waals surface area contributed by atoms with Crippen molar-refractivity contribution >= 4 is 39.1 Å². The summed E-state index contributed by atoms with van der Waals surface area (Å²) >= 11 is 3.33. The molecule has 5 rings (SSSR count). The van der Waals surface area contributed by atoms with Gasteiger partial charge in [-0.1, -0.05) is 36.4 Å². The van der Waals surface area contributed by atoms with Gasteiger partial charge in [-0.2, -0.15) is 0 Å². The smallest absolute Gasteiger partial charge is 0.192 e. The van der Waals surface area contributed by atoms with Crippen LogP contribution < -0.4 is 10.5 Å². The average molecular weight is 479 g/mol. The van der Waals surface area contributed by atoms with Crippen molar-refractivity contribution in [2.24, 2.45) is 0 Å². The molecule has 3 heterocycles. The zero-order valence-electron chi connectivity index (χ0n) is 18.6. The molecule has 0 saturated heterocycles. The van der Waals surface area contributed by atoms with E-state index in [2.05, 4.69) is 21.8 Å². The Balaban J connectivity index is 1.43. The lowest BCUT2D eigenvalue weighted by Crippen LogP contribution is -2.03. The number of thioether (sulfide) groups is 1. The fraction of sp³-hybridized carbons (Fsp3) is 0.333. The number of rotatable bonds is 7. The van der Waals surface area contributed by atoms with Gasteiger partial charge < -0.3 is 10.5 Å². The van der Waals surface area contributed by atoms with Gasteiger partial charge in [-0.05, 0) is 43.4 Å². The number of aryl methyl sites for hydroxylation is 2. The van der Waals surface area contributed by atoms with Crippen molar-refractivity contribution < 1.29 is 4.74 Å². The topological polar surface area (TPSA) is 91.7 Å². The van der Waals surface area contributed by atoms with Gasteiger partial charge in [0.05, 0.1) is 23.8 Å². The minimum absolute atomic E-state index is 0.559. The number of fused-ring (bicyclic) bond motifs is 3. The van der Waals surface area contributed by atoms with E-state index in [-0.39, 0.29) is 0 Å². The van der Waals surface area contributed by atoms with Gasteiger partial charge in [0.25, 0.3) is 0 Å². The van der Waals surface area contributed by atoms with Crippen LogP contribution in [0.4, 0.5) is 5.82 Å². The second-order valence-electron chi connectivity index (χ2n) is 7.96. The number of aromatic nitrogens is 5. The van der Waals surface area contributed by atoms with Crippen LogP contribution in [0.2, 0.25) is 0 Å². The number of anilines is 1.